The number of hydrogen-bond donors (Lipinski definition) is 2. The number of rotatable bonds is 5. The van der Waals surface area contributed by atoms with Crippen LogP contribution >= 0.6 is 0 Å². The van der Waals surface area contributed by atoms with Crippen molar-refractivity contribution in [2.75, 3.05) is 31.6 Å². The first-order chi connectivity index (χ1) is 16.7. The van der Waals surface area contributed by atoms with Gasteiger partial charge < -0.3 is 19.5 Å². The van der Waals surface area contributed by atoms with Crippen LogP contribution in [0.1, 0.15) is 38.0 Å². The summed E-state index contributed by atoms with van der Waals surface area (Å²) in [6, 6.07) is 6.41. The van der Waals surface area contributed by atoms with Crippen molar-refractivity contribution in [1.29, 1.82) is 0 Å². The van der Waals surface area contributed by atoms with Gasteiger partial charge in [-0.15, -0.1) is 10.2 Å². The van der Waals surface area contributed by atoms with Gasteiger partial charge in [-0.2, -0.15) is 8.78 Å². The molecule has 9 nitrogen and oxygen atoms in total. The van der Waals surface area contributed by atoms with Gasteiger partial charge in [0.15, 0.2) is 0 Å². The Morgan fingerprint density at radius 1 is 1.06 bits per heavy atom. The van der Waals surface area contributed by atoms with E-state index in [0.717, 1.165) is 74.1 Å². The molecule has 6 rings (SSSR count). The smallest absolute Gasteiger partial charge is 0.314 e. The van der Waals surface area contributed by atoms with E-state index >= 15 is 0 Å². The van der Waals surface area contributed by atoms with Gasteiger partial charge in [-0.3, -0.25) is 4.90 Å². The molecule has 2 fully saturated rings. The Kier molecular flexibility index (Phi) is 5.58. The molecule has 0 amide bonds. The minimum atomic E-state index is -2.80. The average molecular weight is 469 g/mol. The zero-order valence-electron chi connectivity index (χ0n) is 18.5. The average Bonchev–Trinajstić information content (AvgIpc) is 3.50. The fraction of sp³-hybridized carbons (Fsp3) is 0.478. The van der Waals surface area contributed by atoms with Crippen LogP contribution in [-0.2, 0) is 4.74 Å². The van der Waals surface area contributed by atoms with Gasteiger partial charge in [0.25, 0.3) is 5.89 Å². The molecule has 1 aliphatic carbocycles. The summed E-state index contributed by atoms with van der Waals surface area (Å²) in [5.41, 5.74) is 2.14. The predicted molar refractivity (Wildman–Crippen MR) is 122 cm³/mol. The molecule has 4 heterocycles. The largest absolute Gasteiger partial charge is 0.415 e. The molecule has 0 radical (unpaired) electrons. The van der Waals surface area contributed by atoms with Crippen LogP contribution in [0.4, 0.5) is 14.6 Å². The highest BCUT2D eigenvalue weighted by Crippen LogP contribution is 2.34. The number of aromatic nitrogens is 5. The highest BCUT2D eigenvalue weighted by atomic mass is 19.3. The van der Waals surface area contributed by atoms with Gasteiger partial charge in [-0.05, 0) is 43.9 Å². The first-order valence-corrected chi connectivity index (χ1v) is 11.6. The van der Waals surface area contributed by atoms with Crippen LogP contribution in [0.3, 0.4) is 0 Å². The molecule has 2 N–H and O–H groups in total. The predicted octanol–water partition coefficient (Wildman–Crippen LogP) is 4.15. The number of halogens is 2. The van der Waals surface area contributed by atoms with Gasteiger partial charge in [-0.25, -0.2) is 9.97 Å². The van der Waals surface area contributed by atoms with Crippen LogP contribution in [0.25, 0.3) is 33.4 Å². The van der Waals surface area contributed by atoms with E-state index in [1.165, 1.54) is 0 Å². The van der Waals surface area contributed by atoms with E-state index in [2.05, 4.69) is 35.4 Å². The number of H-pyrrole nitrogens is 1. The minimum absolute atomic E-state index is 0.0549. The minimum Gasteiger partial charge on any atom is -0.415 e. The second kappa shape index (κ2) is 8.88. The number of fused-ring (bicyclic) bond motifs is 3. The number of anilines is 1. The molecule has 2 aliphatic rings. The SMILES string of the molecule is FC(F)c1nnc(-c2ccc3[nH]c4ncnc(N[C@H]5CC[C@H](N6CCOCC6)CC5)c4c3c2)o1. The van der Waals surface area contributed by atoms with E-state index in [-0.39, 0.29) is 5.89 Å². The number of nitrogens with one attached hydrogen (secondary N) is 2. The maximum atomic E-state index is 12.9. The van der Waals surface area contributed by atoms with Crippen molar-refractivity contribution >= 4 is 27.8 Å². The van der Waals surface area contributed by atoms with Crippen molar-refractivity contribution in [1.82, 2.24) is 30.0 Å². The molecule has 11 heteroatoms. The van der Waals surface area contributed by atoms with E-state index in [0.29, 0.717) is 23.3 Å². The van der Waals surface area contributed by atoms with Crippen LogP contribution in [0, 0.1) is 0 Å². The fourth-order valence-corrected chi connectivity index (χ4v) is 5.13. The normalized spacial score (nSPS) is 22.1. The highest BCUT2D eigenvalue weighted by molar-refractivity contribution is 6.12. The Morgan fingerprint density at radius 3 is 2.65 bits per heavy atom. The topological polar surface area (TPSA) is 105 Å². The maximum absolute atomic E-state index is 12.9. The van der Waals surface area contributed by atoms with Crippen LogP contribution in [0.2, 0.25) is 0 Å². The fourth-order valence-electron chi connectivity index (χ4n) is 5.13. The zero-order chi connectivity index (χ0) is 23.1. The van der Waals surface area contributed by atoms with Crippen LogP contribution in [-0.4, -0.2) is 68.4 Å². The zero-order valence-corrected chi connectivity index (χ0v) is 18.5. The first-order valence-electron chi connectivity index (χ1n) is 11.6. The standard InChI is InChI=1S/C23H25F2N7O2/c24-19(25)23-31-30-22(34-23)13-1-6-17-16(11-13)18-20(26-12-27-21(18)29-17)28-14-2-4-15(5-3-14)32-7-9-33-10-8-32/h1,6,11-12,14-15,19H,2-5,7-10H2,(H2,26,27,28,29)/t14-,15-. The molecule has 178 valence electrons. The quantitative estimate of drug-likeness (QED) is 0.449. The van der Waals surface area contributed by atoms with Crippen LogP contribution < -0.4 is 5.32 Å². The Morgan fingerprint density at radius 2 is 1.88 bits per heavy atom. The number of nitrogens with zero attached hydrogens (tertiary/aromatic N) is 5. The summed E-state index contributed by atoms with van der Waals surface area (Å²) in [7, 11) is 0. The van der Waals surface area contributed by atoms with Crippen molar-refractivity contribution in [3.05, 3.63) is 30.4 Å². The molecule has 0 atom stereocenters. The second-order valence-corrected chi connectivity index (χ2v) is 8.88. The Labute approximate surface area is 193 Å². The highest BCUT2D eigenvalue weighted by Gasteiger charge is 2.27. The summed E-state index contributed by atoms with van der Waals surface area (Å²) in [5.74, 6) is 0.133. The third kappa shape index (κ3) is 3.98. The van der Waals surface area contributed by atoms with Gasteiger partial charge in [0, 0.05) is 41.6 Å². The van der Waals surface area contributed by atoms with E-state index in [1.807, 2.05) is 12.1 Å². The molecule has 0 bridgehead atoms. The lowest BCUT2D eigenvalue weighted by molar-refractivity contribution is 0.00791. The van der Waals surface area contributed by atoms with Crippen molar-refractivity contribution in [3.63, 3.8) is 0 Å². The number of benzene rings is 1. The molecule has 0 spiro atoms. The molecule has 1 saturated carbocycles. The second-order valence-electron chi connectivity index (χ2n) is 8.88. The van der Waals surface area contributed by atoms with E-state index in [4.69, 9.17) is 9.15 Å². The molecule has 4 aromatic rings. The molecule has 34 heavy (non-hydrogen) atoms. The van der Waals surface area contributed by atoms with Crippen molar-refractivity contribution in [2.45, 2.75) is 44.2 Å². The van der Waals surface area contributed by atoms with Gasteiger partial charge in [0.05, 0.1) is 18.6 Å². The van der Waals surface area contributed by atoms with E-state index in [1.54, 1.807) is 12.4 Å². The Bertz CT molecular complexity index is 1290. The summed E-state index contributed by atoms with van der Waals surface area (Å²) >= 11 is 0. The number of alkyl halides is 2. The van der Waals surface area contributed by atoms with Crippen LogP contribution in [0.5, 0.6) is 0 Å². The Hall–Kier alpha value is -3.18. The lowest BCUT2D eigenvalue weighted by Crippen LogP contribution is -2.46. The maximum Gasteiger partial charge on any atom is 0.314 e. The summed E-state index contributed by atoms with van der Waals surface area (Å²) in [6.45, 7) is 3.69. The van der Waals surface area contributed by atoms with Crippen LogP contribution in [0.15, 0.2) is 28.9 Å². The monoisotopic (exact) mass is 469 g/mol. The lowest BCUT2D eigenvalue weighted by atomic mass is 9.90. The molecule has 1 saturated heterocycles. The van der Waals surface area contributed by atoms with E-state index in [9.17, 15) is 8.78 Å². The van der Waals surface area contributed by atoms with Crippen molar-refractivity contribution < 1.29 is 17.9 Å². The summed E-state index contributed by atoms with van der Waals surface area (Å²) in [6.07, 6.45) is 3.17. The van der Waals surface area contributed by atoms with Gasteiger partial charge in [-0.1, -0.05) is 0 Å². The van der Waals surface area contributed by atoms with E-state index < -0.39 is 12.3 Å². The van der Waals surface area contributed by atoms with Crippen molar-refractivity contribution in [2.24, 2.45) is 0 Å². The third-order valence-electron chi connectivity index (χ3n) is 6.86. The first kappa shape index (κ1) is 21.4. The van der Waals surface area contributed by atoms with Gasteiger partial charge in [0.1, 0.15) is 17.8 Å². The number of aromatic amines is 1. The van der Waals surface area contributed by atoms with Gasteiger partial charge >= 0.3 is 6.43 Å². The number of morpholine rings is 1. The molecular formula is C23H25F2N7O2. The van der Waals surface area contributed by atoms with Gasteiger partial charge in [0.2, 0.25) is 5.89 Å². The summed E-state index contributed by atoms with van der Waals surface area (Å²) in [4.78, 5) is 14.8. The molecule has 3 aromatic heterocycles. The molecule has 0 unspecified atom stereocenters. The Balaban J connectivity index is 1.26. The summed E-state index contributed by atoms with van der Waals surface area (Å²) in [5, 5.41) is 12.6. The van der Waals surface area contributed by atoms with Crippen molar-refractivity contribution in [3.8, 4) is 11.5 Å². The third-order valence-corrected chi connectivity index (χ3v) is 6.86. The number of ether oxygens (including phenoxy) is 1. The molecular weight excluding hydrogens is 444 g/mol. The summed E-state index contributed by atoms with van der Waals surface area (Å²) < 4.78 is 36.4. The molecule has 1 aromatic carbocycles. The lowest BCUT2D eigenvalue weighted by Gasteiger charge is -2.39. The molecule has 1 aliphatic heterocycles. The number of hydrogen-bond acceptors (Lipinski definition) is 8.